The predicted octanol–water partition coefficient (Wildman–Crippen LogP) is 5.98. The van der Waals surface area contributed by atoms with Gasteiger partial charge in [-0.05, 0) is 48.5 Å². The van der Waals surface area contributed by atoms with Crippen molar-refractivity contribution in [2.45, 2.75) is 58.0 Å². The number of rotatable bonds is 7. The molecule has 0 fully saturated rings. The van der Waals surface area contributed by atoms with Crippen LogP contribution < -0.4 is 5.32 Å². The van der Waals surface area contributed by atoms with Crippen LogP contribution in [0.15, 0.2) is 58.1 Å². The summed E-state index contributed by atoms with van der Waals surface area (Å²) in [6.45, 7) is 5.10. The van der Waals surface area contributed by atoms with Crippen LogP contribution in [0.3, 0.4) is 0 Å². The van der Waals surface area contributed by atoms with Crippen LogP contribution in [0.25, 0.3) is 0 Å². The second-order valence-electron chi connectivity index (χ2n) is 8.82. The molecule has 4 aliphatic rings. The summed E-state index contributed by atoms with van der Waals surface area (Å²) in [7, 11) is 0. The van der Waals surface area contributed by atoms with Gasteiger partial charge in [-0.2, -0.15) is 9.98 Å². The van der Waals surface area contributed by atoms with Gasteiger partial charge in [0, 0.05) is 5.92 Å². The maximum absolute atomic E-state index is 6.44. The number of alkyl halides is 1. The molecular weight excluding hydrogens is 394 g/mol. The van der Waals surface area contributed by atoms with Crippen LogP contribution in [-0.2, 0) is 4.74 Å². The number of aliphatic imine (C=N–C) groups is 2. The van der Waals surface area contributed by atoms with Crippen molar-refractivity contribution in [3.8, 4) is 0 Å². The Kier molecular flexibility index (Phi) is 7.14. The van der Waals surface area contributed by atoms with E-state index in [2.05, 4.69) is 66.7 Å². The summed E-state index contributed by atoms with van der Waals surface area (Å²) in [5.74, 6) is 3.25. The normalized spacial score (nSPS) is 32.9. The number of allylic oxidation sites excluding steroid dienone is 7. The van der Waals surface area contributed by atoms with Crippen molar-refractivity contribution in [2.75, 3.05) is 6.61 Å². The molecule has 4 nitrogen and oxygen atoms in total. The van der Waals surface area contributed by atoms with Gasteiger partial charge >= 0.3 is 6.02 Å². The summed E-state index contributed by atoms with van der Waals surface area (Å²) in [4.78, 5) is 9.17. The monoisotopic (exact) mass is 427 g/mol. The van der Waals surface area contributed by atoms with E-state index < -0.39 is 5.62 Å². The van der Waals surface area contributed by atoms with Crippen molar-refractivity contribution in [1.82, 2.24) is 5.32 Å². The van der Waals surface area contributed by atoms with Crippen LogP contribution in [-0.4, -0.2) is 24.1 Å². The molecular formula is C25H34ClN3O. The van der Waals surface area contributed by atoms with Gasteiger partial charge in [-0.15, -0.1) is 0 Å². The summed E-state index contributed by atoms with van der Waals surface area (Å²) < 4.78 is 6.03. The average molecular weight is 428 g/mol. The minimum Gasteiger partial charge on any atom is -0.463 e. The van der Waals surface area contributed by atoms with Crippen molar-refractivity contribution in [1.29, 1.82) is 0 Å². The van der Waals surface area contributed by atoms with E-state index in [-0.39, 0.29) is 0 Å². The Hall–Kier alpha value is -1.81. The van der Waals surface area contributed by atoms with E-state index in [0.717, 1.165) is 18.7 Å². The summed E-state index contributed by atoms with van der Waals surface area (Å²) in [5, 5.41) is 3.28. The Morgan fingerprint density at radius 2 is 2.07 bits per heavy atom. The molecule has 0 spiro atoms. The number of hydrogen-bond donors (Lipinski definition) is 1. The Morgan fingerprint density at radius 3 is 2.90 bits per heavy atom. The quantitative estimate of drug-likeness (QED) is 0.308. The number of ether oxygens (including phenoxy) is 1. The largest absolute Gasteiger partial charge is 0.463 e. The molecule has 0 aromatic heterocycles. The van der Waals surface area contributed by atoms with E-state index in [1.54, 1.807) is 0 Å². The molecule has 5 heteroatoms. The first-order chi connectivity index (χ1) is 14.7. The SMILES string of the molecule is CCCCC(CC)COC1=NC(Cl)NC(C2=CC3CCC=CC3C3C=CC=CC23)=N1. The molecule has 1 N–H and O–H groups in total. The molecule has 162 valence electrons. The maximum atomic E-state index is 6.44. The van der Waals surface area contributed by atoms with Crippen LogP contribution in [0.1, 0.15) is 52.4 Å². The van der Waals surface area contributed by atoms with Crippen LogP contribution in [0.4, 0.5) is 0 Å². The van der Waals surface area contributed by atoms with Gasteiger partial charge in [-0.25, -0.2) is 0 Å². The average Bonchev–Trinajstić information content (AvgIpc) is 2.78. The number of fused-ring (bicyclic) bond motifs is 3. The fraction of sp³-hybridized carbons (Fsp3) is 0.600. The molecule has 0 aromatic rings. The Morgan fingerprint density at radius 1 is 1.20 bits per heavy atom. The van der Waals surface area contributed by atoms with Crippen molar-refractivity contribution < 1.29 is 4.74 Å². The van der Waals surface area contributed by atoms with E-state index in [1.165, 1.54) is 31.3 Å². The molecule has 3 aliphatic carbocycles. The van der Waals surface area contributed by atoms with Crippen molar-refractivity contribution in [2.24, 2.45) is 39.6 Å². The summed E-state index contributed by atoms with van der Waals surface area (Å²) in [5.41, 5.74) is 0.687. The molecule has 0 bridgehead atoms. The van der Waals surface area contributed by atoms with Crippen molar-refractivity contribution >= 4 is 23.5 Å². The molecule has 0 saturated carbocycles. The summed E-state index contributed by atoms with van der Waals surface area (Å²) in [6, 6.07) is 0.414. The highest BCUT2D eigenvalue weighted by molar-refractivity contribution is 6.23. The molecule has 1 aliphatic heterocycles. The number of unbranched alkanes of at least 4 members (excludes halogenated alkanes) is 1. The third-order valence-electron chi connectivity index (χ3n) is 6.85. The lowest BCUT2D eigenvalue weighted by Crippen LogP contribution is -2.43. The van der Waals surface area contributed by atoms with Crippen LogP contribution in [0.5, 0.6) is 0 Å². The number of halogens is 1. The summed E-state index contributed by atoms with van der Waals surface area (Å²) in [6.07, 6.45) is 23.2. The van der Waals surface area contributed by atoms with Gasteiger partial charge in [0.2, 0.25) is 5.62 Å². The Bertz CT molecular complexity index is 794. The Balaban J connectivity index is 1.54. The van der Waals surface area contributed by atoms with Gasteiger partial charge < -0.3 is 10.1 Å². The molecule has 4 rings (SSSR count). The third kappa shape index (κ3) is 4.74. The predicted molar refractivity (Wildman–Crippen MR) is 126 cm³/mol. The van der Waals surface area contributed by atoms with Gasteiger partial charge in [-0.1, -0.05) is 87.2 Å². The minimum absolute atomic E-state index is 0.307. The smallest absolute Gasteiger partial charge is 0.316 e. The fourth-order valence-corrected chi connectivity index (χ4v) is 5.26. The molecule has 0 radical (unpaired) electrons. The zero-order chi connectivity index (χ0) is 20.9. The lowest BCUT2D eigenvalue weighted by atomic mass is 9.63. The lowest BCUT2D eigenvalue weighted by Gasteiger charge is -2.42. The molecule has 0 saturated heterocycles. The van der Waals surface area contributed by atoms with E-state index in [0.29, 0.717) is 42.2 Å². The molecule has 0 amide bonds. The first-order valence-corrected chi connectivity index (χ1v) is 12.1. The van der Waals surface area contributed by atoms with Crippen molar-refractivity contribution in [3.63, 3.8) is 0 Å². The van der Waals surface area contributed by atoms with Gasteiger partial charge in [0.1, 0.15) is 5.84 Å². The molecule has 6 atom stereocenters. The lowest BCUT2D eigenvalue weighted by molar-refractivity contribution is 0.217. The maximum Gasteiger partial charge on any atom is 0.316 e. The van der Waals surface area contributed by atoms with Crippen molar-refractivity contribution in [3.05, 3.63) is 48.1 Å². The Labute approximate surface area is 185 Å². The second kappa shape index (κ2) is 10.00. The molecule has 0 aromatic carbocycles. The van der Waals surface area contributed by atoms with E-state index in [1.807, 2.05) is 0 Å². The fourth-order valence-electron chi connectivity index (χ4n) is 5.07. The van der Waals surface area contributed by atoms with Crippen LogP contribution >= 0.6 is 11.6 Å². The van der Waals surface area contributed by atoms with Gasteiger partial charge in [0.25, 0.3) is 0 Å². The highest BCUT2D eigenvalue weighted by Gasteiger charge is 2.40. The van der Waals surface area contributed by atoms with Gasteiger partial charge in [0.05, 0.1) is 6.61 Å². The van der Waals surface area contributed by atoms with E-state index in [4.69, 9.17) is 21.3 Å². The number of nitrogens with zero attached hydrogens (tertiary/aromatic N) is 2. The highest BCUT2D eigenvalue weighted by atomic mass is 35.5. The first-order valence-electron chi connectivity index (χ1n) is 11.6. The zero-order valence-corrected chi connectivity index (χ0v) is 18.9. The van der Waals surface area contributed by atoms with E-state index in [9.17, 15) is 0 Å². The second-order valence-corrected chi connectivity index (χ2v) is 9.23. The minimum atomic E-state index is -0.547. The number of hydrogen-bond acceptors (Lipinski definition) is 4. The molecule has 30 heavy (non-hydrogen) atoms. The molecule has 1 heterocycles. The van der Waals surface area contributed by atoms with Gasteiger partial charge in [-0.3, -0.25) is 0 Å². The van der Waals surface area contributed by atoms with Crippen LogP contribution in [0.2, 0.25) is 0 Å². The third-order valence-corrected chi connectivity index (χ3v) is 7.05. The van der Waals surface area contributed by atoms with E-state index >= 15 is 0 Å². The number of nitrogens with one attached hydrogen (secondary N) is 1. The van der Waals surface area contributed by atoms with Crippen LogP contribution in [0, 0.1) is 29.6 Å². The zero-order valence-electron chi connectivity index (χ0n) is 18.1. The molecule has 6 unspecified atom stereocenters. The summed E-state index contributed by atoms with van der Waals surface area (Å²) >= 11 is 6.44. The highest BCUT2D eigenvalue weighted by Crippen LogP contribution is 2.45. The first kappa shape index (κ1) is 21.4. The van der Waals surface area contributed by atoms with Gasteiger partial charge in [0.15, 0.2) is 0 Å². The topological polar surface area (TPSA) is 46.0 Å². The standard InChI is InChI=1S/C25H34ClN3O/c1-3-5-10-17(4-2)16-30-25-28-23(27-24(26)29-25)22-15-18-11-6-7-12-19(18)20-13-8-9-14-21(20)22/h7-9,12-15,17-21,24H,3-6,10-11,16H2,1-2H3,(H,27,28,29). The number of amidine groups is 2.